The number of rotatable bonds is 1. The van der Waals surface area contributed by atoms with Gasteiger partial charge in [-0.25, -0.2) is 8.78 Å². The number of halogens is 2. The van der Waals surface area contributed by atoms with Crippen molar-refractivity contribution in [1.29, 1.82) is 0 Å². The molecule has 1 heterocycles. The van der Waals surface area contributed by atoms with E-state index in [2.05, 4.69) is 6.58 Å². The molecule has 0 saturated heterocycles. The second-order valence-corrected chi connectivity index (χ2v) is 3.43. The molecule has 1 aromatic rings. The Balaban J connectivity index is 2.31. The fourth-order valence-corrected chi connectivity index (χ4v) is 1.68. The molecule has 0 aromatic heterocycles. The van der Waals surface area contributed by atoms with Crippen LogP contribution in [-0.2, 0) is 17.9 Å². The van der Waals surface area contributed by atoms with Crippen LogP contribution in [0.25, 0.3) is 0 Å². The third-order valence-electron chi connectivity index (χ3n) is 2.45. The highest BCUT2D eigenvalue weighted by Gasteiger charge is 2.23. The molecule has 0 radical (unpaired) electrons. The predicted octanol–water partition coefficient (Wildman–Crippen LogP) is 1.99. The van der Waals surface area contributed by atoms with Gasteiger partial charge in [-0.1, -0.05) is 6.58 Å². The Hall–Kier alpha value is -1.71. The van der Waals surface area contributed by atoms with Crippen LogP contribution in [0.5, 0.6) is 0 Å². The first-order valence-corrected chi connectivity index (χ1v) is 4.50. The van der Waals surface area contributed by atoms with Gasteiger partial charge in [0.05, 0.1) is 0 Å². The van der Waals surface area contributed by atoms with Crippen molar-refractivity contribution < 1.29 is 13.6 Å². The van der Waals surface area contributed by atoms with E-state index < -0.39 is 11.6 Å². The zero-order valence-corrected chi connectivity index (χ0v) is 7.96. The summed E-state index contributed by atoms with van der Waals surface area (Å²) in [4.78, 5) is 12.8. The first-order valence-electron chi connectivity index (χ1n) is 4.50. The maximum atomic E-state index is 12.9. The SMILES string of the molecule is C=CC(=O)N1Cc2cc(F)c(F)cc2C1. The van der Waals surface area contributed by atoms with E-state index in [1.165, 1.54) is 11.0 Å². The highest BCUT2D eigenvalue weighted by Crippen LogP contribution is 2.25. The minimum absolute atomic E-state index is 0.230. The first kappa shape index (κ1) is 9.83. The third-order valence-corrected chi connectivity index (χ3v) is 2.45. The van der Waals surface area contributed by atoms with Gasteiger partial charge in [0.15, 0.2) is 11.6 Å². The fraction of sp³-hybridized carbons (Fsp3) is 0.182. The van der Waals surface area contributed by atoms with Gasteiger partial charge in [0.2, 0.25) is 5.91 Å². The smallest absolute Gasteiger partial charge is 0.246 e. The minimum Gasteiger partial charge on any atom is -0.330 e. The van der Waals surface area contributed by atoms with Crippen LogP contribution in [0.1, 0.15) is 11.1 Å². The summed E-state index contributed by atoms with van der Waals surface area (Å²) in [7, 11) is 0. The van der Waals surface area contributed by atoms with Gasteiger partial charge in [-0.15, -0.1) is 0 Å². The summed E-state index contributed by atoms with van der Waals surface area (Å²) < 4.78 is 25.8. The number of carbonyl (C=O) groups excluding carboxylic acids is 1. The Morgan fingerprint density at radius 1 is 1.27 bits per heavy atom. The molecule has 0 unspecified atom stereocenters. The standard InChI is InChI=1S/C11H9F2NO/c1-2-11(15)14-5-7-3-9(12)10(13)4-8(7)6-14/h2-4H,1,5-6H2. The van der Waals surface area contributed by atoms with Crippen molar-refractivity contribution in [2.24, 2.45) is 0 Å². The van der Waals surface area contributed by atoms with Gasteiger partial charge < -0.3 is 4.90 Å². The van der Waals surface area contributed by atoms with E-state index in [0.29, 0.717) is 24.2 Å². The lowest BCUT2D eigenvalue weighted by molar-refractivity contribution is -0.126. The minimum atomic E-state index is -0.873. The lowest BCUT2D eigenvalue weighted by Crippen LogP contribution is -2.22. The van der Waals surface area contributed by atoms with Crippen LogP contribution in [0.3, 0.4) is 0 Å². The molecule has 15 heavy (non-hydrogen) atoms. The Bertz CT molecular complexity index is 411. The topological polar surface area (TPSA) is 20.3 Å². The third kappa shape index (κ3) is 1.63. The van der Waals surface area contributed by atoms with E-state index in [-0.39, 0.29) is 5.91 Å². The molecule has 0 aliphatic carbocycles. The summed E-state index contributed by atoms with van der Waals surface area (Å²) in [5.74, 6) is -1.98. The molecular formula is C11H9F2NO. The Labute approximate surface area is 85.8 Å². The van der Waals surface area contributed by atoms with Crippen LogP contribution in [-0.4, -0.2) is 10.8 Å². The molecule has 0 atom stereocenters. The zero-order chi connectivity index (χ0) is 11.0. The van der Waals surface area contributed by atoms with Gasteiger partial charge in [0, 0.05) is 13.1 Å². The van der Waals surface area contributed by atoms with Crippen LogP contribution in [0.15, 0.2) is 24.8 Å². The summed E-state index contributed by atoms with van der Waals surface area (Å²) in [6, 6.07) is 2.28. The lowest BCUT2D eigenvalue weighted by atomic mass is 10.1. The van der Waals surface area contributed by atoms with Gasteiger partial charge in [0.1, 0.15) is 0 Å². The normalized spacial score (nSPS) is 13.9. The lowest BCUT2D eigenvalue weighted by Gasteiger charge is -2.11. The number of amides is 1. The summed E-state index contributed by atoms with van der Waals surface area (Å²) in [6.07, 6.45) is 1.19. The predicted molar refractivity (Wildman–Crippen MR) is 50.8 cm³/mol. The van der Waals surface area contributed by atoms with E-state index >= 15 is 0 Å². The molecule has 1 aliphatic heterocycles. The number of fused-ring (bicyclic) bond motifs is 1. The second-order valence-electron chi connectivity index (χ2n) is 3.43. The number of benzene rings is 1. The molecule has 78 valence electrons. The maximum Gasteiger partial charge on any atom is 0.246 e. The Kier molecular flexibility index (Phi) is 2.26. The number of nitrogens with zero attached hydrogens (tertiary/aromatic N) is 1. The second kappa shape index (κ2) is 3.46. The molecule has 1 amide bonds. The van der Waals surface area contributed by atoms with E-state index in [4.69, 9.17) is 0 Å². The van der Waals surface area contributed by atoms with Crippen molar-refractivity contribution in [3.8, 4) is 0 Å². The van der Waals surface area contributed by atoms with Gasteiger partial charge in [0.25, 0.3) is 0 Å². The molecule has 1 aromatic carbocycles. The molecule has 2 nitrogen and oxygen atoms in total. The number of hydrogen-bond donors (Lipinski definition) is 0. The fourth-order valence-electron chi connectivity index (χ4n) is 1.68. The summed E-state index contributed by atoms with van der Waals surface area (Å²) >= 11 is 0. The van der Waals surface area contributed by atoms with Crippen LogP contribution in [0.4, 0.5) is 8.78 Å². The van der Waals surface area contributed by atoms with Crippen molar-refractivity contribution in [2.45, 2.75) is 13.1 Å². The van der Waals surface area contributed by atoms with Gasteiger partial charge >= 0.3 is 0 Å². The van der Waals surface area contributed by atoms with E-state index in [9.17, 15) is 13.6 Å². The Morgan fingerprint density at radius 3 is 2.13 bits per heavy atom. The highest BCUT2D eigenvalue weighted by molar-refractivity contribution is 5.87. The largest absolute Gasteiger partial charge is 0.330 e. The van der Waals surface area contributed by atoms with Gasteiger partial charge in [-0.3, -0.25) is 4.79 Å². The molecule has 0 bridgehead atoms. The van der Waals surface area contributed by atoms with Crippen LogP contribution < -0.4 is 0 Å². The monoisotopic (exact) mass is 209 g/mol. The van der Waals surface area contributed by atoms with E-state index in [1.807, 2.05) is 0 Å². The molecule has 0 saturated carbocycles. The average Bonchev–Trinajstić information content (AvgIpc) is 2.60. The van der Waals surface area contributed by atoms with Crippen molar-refractivity contribution in [3.05, 3.63) is 47.5 Å². The van der Waals surface area contributed by atoms with Crippen LogP contribution in [0, 0.1) is 11.6 Å². The summed E-state index contributed by atoms with van der Waals surface area (Å²) in [5.41, 5.74) is 1.31. The molecule has 2 rings (SSSR count). The van der Waals surface area contributed by atoms with Crippen molar-refractivity contribution in [3.63, 3.8) is 0 Å². The van der Waals surface area contributed by atoms with Crippen molar-refractivity contribution in [2.75, 3.05) is 0 Å². The molecule has 0 spiro atoms. The average molecular weight is 209 g/mol. The van der Waals surface area contributed by atoms with Crippen molar-refractivity contribution >= 4 is 5.91 Å². The van der Waals surface area contributed by atoms with Crippen LogP contribution in [0.2, 0.25) is 0 Å². The molecule has 4 heteroatoms. The summed E-state index contributed by atoms with van der Waals surface area (Å²) in [6.45, 7) is 4.00. The van der Waals surface area contributed by atoms with Gasteiger partial charge in [-0.05, 0) is 29.3 Å². The molecule has 0 N–H and O–H groups in total. The van der Waals surface area contributed by atoms with Crippen LogP contribution >= 0.6 is 0 Å². The number of hydrogen-bond acceptors (Lipinski definition) is 1. The van der Waals surface area contributed by atoms with Gasteiger partial charge in [-0.2, -0.15) is 0 Å². The van der Waals surface area contributed by atoms with Crippen molar-refractivity contribution in [1.82, 2.24) is 4.90 Å². The number of carbonyl (C=O) groups is 1. The highest BCUT2D eigenvalue weighted by atomic mass is 19.2. The van der Waals surface area contributed by atoms with E-state index in [1.54, 1.807) is 0 Å². The summed E-state index contributed by atoms with van der Waals surface area (Å²) in [5, 5.41) is 0. The first-order chi connectivity index (χ1) is 7.11. The molecular weight excluding hydrogens is 200 g/mol. The zero-order valence-electron chi connectivity index (χ0n) is 7.96. The molecule has 1 aliphatic rings. The Morgan fingerprint density at radius 2 is 1.73 bits per heavy atom. The van der Waals surface area contributed by atoms with E-state index in [0.717, 1.165) is 12.1 Å². The quantitative estimate of drug-likeness (QED) is 0.648. The maximum absolute atomic E-state index is 12.9. The molecule has 0 fully saturated rings.